The summed E-state index contributed by atoms with van der Waals surface area (Å²) in [5.41, 5.74) is -1.13. The molecule has 1 atom stereocenters. The summed E-state index contributed by atoms with van der Waals surface area (Å²) in [6.07, 6.45) is -3.45. The van der Waals surface area contributed by atoms with Crippen molar-refractivity contribution in [1.29, 1.82) is 0 Å². The number of carbonyl (C=O) groups excluding carboxylic acids is 1. The zero-order chi connectivity index (χ0) is 30.0. The van der Waals surface area contributed by atoms with E-state index < -0.39 is 35.0 Å². The van der Waals surface area contributed by atoms with Gasteiger partial charge >= 0.3 is 12.1 Å². The summed E-state index contributed by atoms with van der Waals surface area (Å²) < 4.78 is 54.8. The van der Waals surface area contributed by atoms with E-state index >= 15 is 0 Å². The average Bonchev–Trinajstić information content (AvgIpc) is 3.26. The second kappa shape index (κ2) is 12.2. The van der Waals surface area contributed by atoms with Crippen LogP contribution in [0.4, 0.5) is 13.2 Å². The van der Waals surface area contributed by atoms with E-state index in [1.54, 1.807) is 36.4 Å². The fourth-order valence-corrected chi connectivity index (χ4v) is 5.78. The number of fused-ring (bicyclic) bond motifs is 1. The zero-order valence-corrected chi connectivity index (χ0v) is 24.2. The van der Waals surface area contributed by atoms with Crippen LogP contribution in [-0.2, 0) is 16.1 Å². The molecule has 0 radical (unpaired) electrons. The number of aromatic nitrogens is 1. The molecule has 0 N–H and O–H groups in total. The fourth-order valence-electron chi connectivity index (χ4n) is 4.44. The molecule has 12 heteroatoms. The molecule has 0 unspecified atom stereocenters. The standard InChI is InChI=1S/C30H21Cl2F3N2O4S/c1-2-40-28(39)24-25(19-9-11-20(31)12-10-19)37-27(38)23(42-29(37)36-26(24)30(33,34)35)15-17-5-4-8-22(14-17)41-16-18-6-3-7-21(32)13-18/h3-15,25H,2,16H2,1H3/b23-15-/t25-/m1/s1. The van der Waals surface area contributed by atoms with E-state index in [0.29, 0.717) is 21.4 Å². The van der Waals surface area contributed by atoms with E-state index in [9.17, 15) is 22.8 Å². The van der Waals surface area contributed by atoms with Crippen molar-refractivity contribution in [2.45, 2.75) is 25.7 Å². The summed E-state index contributed by atoms with van der Waals surface area (Å²) in [6, 6.07) is 18.5. The Bertz CT molecular complexity index is 1860. The summed E-state index contributed by atoms with van der Waals surface area (Å²) in [5.74, 6) is -0.702. The molecule has 4 aromatic rings. The molecular weight excluding hydrogens is 612 g/mol. The van der Waals surface area contributed by atoms with Crippen LogP contribution in [0.2, 0.25) is 10.0 Å². The number of rotatable bonds is 7. The van der Waals surface area contributed by atoms with Crippen LogP contribution in [0.5, 0.6) is 5.75 Å². The Labute approximate surface area is 251 Å². The number of allylic oxidation sites excluding steroid dienone is 1. The molecule has 2 heterocycles. The van der Waals surface area contributed by atoms with Gasteiger partial charge in [0.15, 0.2) is 10.5 Å². The van der Waals surface area contributed by atoms with Crippen molar-refractivity contribution < 1.29 is 27.4 Å². The number of benzene rings is 3. The third-order valence-corrected chi connectivity index (χ3v) is 7.70. The third-order valence-electron chi connectivity index (χ3n) is 6.23. The summed E-state index contributed by atoms with van der Waals surface area (Å²) in [6.45, 7) is 1.57. The van der Waals surface area contributed by atoms with Gasteiger partial charge in [-0.3, -0.25) is 9.36 Å². The number of carbonyl (C=O) groups is 1. The molecule has 1 aliphatic heterocycles. The van der Waals surface area contributed by atoms with Crippen LogP contribution in [0.3, 0.4) is 0 Å². The van der Waals surface area contributed by atoms with Gasteiger partial charge in [-0.15, -0.1) is 0 Å². The summed E-state index contributed by atoms with van der Waals surface area (Å²) >= 11 is 12.8. The largest absolute Gasteiger partial charge is 0.489 e. The molecule has 1 aromatic heterocycles. The molecule has 0 spiro atoms. The van der Waals surface area contributed by atoms with Gasteiger partial charge in [0, 0.05) is 10.0 Å². The first-order chi connectivity index (χ1) is 20.0. The van der Waals surface area contributed by atoms with E-state index in [2.05, 4.69) is 4.99 Å². The Morgan fingerprint density at radius 1 is 1.05 bits per heavy atom. The van der Waals surface area contributed by atoms with Crippen LogP contribution in [0.1, 0.15) is 29.7 Å². The first kappa shape index (κ1) is 29.6. The highest BCUT2D eigenvalue weighted by molar-refractivity contribution is 7.07. The number of ether oxygens (including phenoxy) is 2. The highest BCUT2D eigenvalue weighted by Gasteiger charge is 2.45. The maximum atomic E-state index is 14.3. The normalized spacial score (nSPS) is 15.3. The number of alkyl halides is 3. The SMILES string of the molecule is CCOC(=O)C1=C(C(F)(F)F)N=c2s/c(=C\c3cccc(OCc4cccc(Cl)c4)c3)c(=O)n2[C@@H]1c1ccc(Cl)cc1. The van der Waals surface area contributed by atoms with E-state index in [1.807, 2.05) is 12.1 Å². The minimum atomic E-state index is -4.99. The quantitative estimate of drug-likeness (QED) is 0.227. The molecule has 6 nitrogen and oxygen atoms in total. The van der Waals surface area contributed by atoms with Crippen molar-refractivity contribution in [2.24, 2.45) is 4.99 Å². The van der Waals surface area contributed by atoms with Gasteiger partial charge in [0.05, 0.1) is 22.8 Å². The lowest BCUT2D eigenvalue weighted by molar-refractivity contribution is -0.140. The first-order valence-electron chi connectivity index (χ1n) is 12.6. The topological polar surface area (TPSA) is 69.9 Å². The first-order valence-corrected chi connectivity index (χ1v) is 14.2. The Morgan fingerprint density at radius 3 is 2.48 bits per heavy atom. The smallest absolute Gasteiger partial charge is 0.434 e. The molecular formula is C30H21Cl2F3N2O4S. The Kier molecular flexibility index (Phi) is 8.58. The van der Waals surface area contributed by atoms with Gasteiger partial charge in [0.1, 0.15) is 12.4 Å². The maximum absolute atomic E-state index is 14.3. The molecule has 0 amide bonds. The van der Waals surface area contributed by atoms with Crippen LogP contribution in [0.25, 0.3) is 6.08 Å². The van der Waals surface area contributed by atoms with Crippen LogP contribution in [0, 0.1) is 0 Å². The number of esters is 1. The molecule has 0 fully saturated rings. The van der Waals surface area contributed by atoms with Crippen molar-refractivity contribution in [1.82, 2.24) is 4.57 Å². The van der Waals surface area contributed by atoms with Crippen molar-refractivity contribution in [3.05, 3.63) is 130 Å². The Hall–Kier alpha value is -3.86. The van der Waals surface area contributed by atoms with Gasteiger partial charge in [-0.25, -0.2) is 9.79 Å². The molecule has 0 bridgehead atoms. The average molecular weight is 633 g/mol. The number of thiazole rings is 1. The number of nitrogens with zero attached hydrogens (tertiary/aromatic N) is 2. The van der Waals surface area contributed by atoms with Crippen LogP contribution in [-0.4, -0.2) is 23.3 Å². The molecule has 42 heavy (non-hydrogen) atoms. The van der Waals surface area contributed by atoms with E-state index in [0.717, 1.165) is 21.5 Å². The van der Waals surface area contributed by atoms with Gasteiger partial charge in [-0.1, -0.05) is 70.9 Å². The molecule has 1 aliphatic rings. The van der Waals surface area contributed by atoms with Crippen LogP contribution in [0.15, 0.2) is 93.9 Å². The lowest BCUT2D eigenvalue weighted by Crippen LogP contribution is -2.41. The molecule has 3 aromatic carbocycles. The lowest BCUT2D eigenvalue weighted by Gasteiger charge is -2.26. The third kappa shape index (κ3) is 6.30. The molecule has 0 saturated carbocycles. The van der Waals surface area contributed by atoms with Gasteiger partial charge in [-0.05, 0) is 66.1 Å². The minimum Gasteiger partial charge on any atom is -0.489 e. The van der Waals surface area contributed by atoms with Crippen molar-refractivity contribution >= 4 is 46.6 Å². The van der Waals surface area contributed by atoms with E-state index in [-0.39, 0.29) is 28.1 Å². The van der Waals surface area contributed by atoms with Gasteiger partial charge in [-0.2, -0.15) is 13.2 Å². The predicted octanol–water partition coefficient (Wildman–Crippen LogP) is 6.23. The molecule has 0 saturated heterocycles. The number of halogens is 5. The summed E-state index contributed by atoms with van der Waals surface area (Å²) in [5, 5.41) is 0.915. The predicted molar refractivity (Wildman–Crippen MR) is 154 cm³/mol. The molecule has 5 rings (SSSR count). The van der Waals surface area contributed by atoms with Crippen molar-refractivity contribution in [3.63, 3.8) is 0 Å². The molecule has 0 aliphatic carbocycles. The fraction of sp³-hybridized carbons (Fsp3) is 0.167. The Morgan fingerprint density at radius 2 is 1.79 bits per heavy atom. The van der Waals surface area contributed by atoms with Crippen molar-refractivity contribution in [2.75, 3.05) is 6.61 Å². The van der Waals surface area contributed by atoms with Gasteiger partial charge < -0.3 is 9.47 Å². The minimum absolute atomic E-state index is 0.117. The highest BCUT2D eigenvalue weighted by atomic mass is 35.5. The van der Waals surface area contributed by atoms with E-state index in [4.69, 9.17) is 32.7 Å². The zero-order valence-electron chi connectivity index (χ0n) is 21.8. The maximum Gasteiger partial charge on any atom is 0.434 e. The number of hydrogen-bond donors (Lipinski definition) is 0. The Balaban J connectivity index is 1.61. The summed E-state index contributed by atoms with van der Waals surface area (Å²) in [7, 11) is 0. The highest BCUT2D eigenvalue weighted by Crippen LogP contribution is 2.38. The van der Waals surface area contributed by atoms with Crippen LogP contribution >= 0.6 is 34.5 Å². The second-order valence-corrected chi connectivity index (χ2v) is 11.0. The monoisotopic (exact) mass is 632 g/mol. The van der Waals surface area contributed by atoms with Crippen molar-refractivity contribution in [3.8, 4) is 5.75 Å². The number of hydrogen-bond acceptors (Lipinski definition) is 6. The van der Waals surface area contributed by atoms with Gasteiger partial charge in [0.2, 0.25) is 0 Å². The van der Waals surface area contributed by atoms with E-state index in [1.165, 1.54) is 37.3 Å². The summed E-state index contributed by atoms with van der Waals surface area (Å²) in [4.78, 5) is 30.2. The van der Waals surface area contributed by atoms with Gasteiger partial charge in [0.25, 0.3) is 5.56 Å². The molecule has 216 valence electrons. The second-order valence-electron chi connectivity index (χ2n) is 9.11. The van der Waals surface area contributed by atoms with Crippen LogP contribution < -0.4 is 19.6 Å². The lowest BCUT2D eigenvalue weighted by atomic mass is 9.95.